The van der Waals surface area contributed by atoms with E-state index in [1.54, 1.807) is 20.8 Å². The molecule has 1 N–H and O–H groups in total. The molecule has 0 atom stereocenters. The summed E-state index contributed by atoms with van der Waals surface area (Å²) in [4.78, 5) is 15.8. The van der Waals surface area contributed by atoms with E-state index < -0.39 is 35.8 Å². The number of hydrogen-bond acceptors (Lipinski definition) is 5. The Kier molecular flexibility index (Phi) is 4.67. The second-order valence-corrected chi connectivity index (χ2v) is 7.81. The lowest BCUT2D eigenvalue weighted by Crippen LogP contribution is -2.41. The third-order valence-electron chi connectivity index (χ3n) is 3.99. The Morgan fingerprint density at radius 3 is 2.25 bits per heavy atom. The van der Waals surface area contributed by atoms with Gasteiger partial charge in [-0.15, -0.1) is 0 Å². The molecule has 0 radical (unpaired) electrons. The highest BCUT2D eigenvalue weighted by atomic mass is 19.1. The van der Waals surface area contributed by atoms with Crippen molar-refractivity contribution in [3.8, 4) is 0 Å². The normalized spacial score (nSPS) is 19.2. The highest BCUT2D eigenvalue weighted by Crippen LogP contribution is 2.36. The van der Waals surface area contributed by atoms with Gasteiger partial charge in [-0.1, -0.05) is 0 Å². The van der Waals surface area contributed by atoms with Gasteiger partial charge < -0.3 is 14.0 Å². The molecule has 0 bridgehead atoms. The van der Waals surface area contributed by atoms with Gasteiger partial charge in [-0.05, 0) is 48.5 Å². The van der Waals surface area contributed by atoms with Crippen LogP contribution in [0.4, 0.5) is 14.9 Å². The summed E-state index contributed by atoms with van der Waals surface area (Å²) in [6.45, 7) is 12.7. The van der Waals surface area contributed by atoms with Gasteiger partial charge in [-0.3, -0.25) is 10.3 Å². The number of amides is 1. The van der Waals surface area contributed by atoms with Crippen molar-refractivity contribution in [2.24, 2.45) is 0 Å². The van der Waals surface area contributed by atoms with E-state index in [1.807, 2.05) is 27.7 Å². The second kappa shape index (κ2) is 6.00. The summed E-state index contributed by atoms with van der Waals surface area (Å²) >= 11 is 0. The summed E-state index contributed by atoms with van der Waals surface area (Å²) in [5.41, 5.74) is -1.57. The first kappa shape index (κ1) is 18.7. The molecule has 0 unspecified atom stereocenters. The van der Waals surface area contributed by atoms with Crippen LogP contribution < -0.4 is 10.9 Å². The average Bonchev–Trinajstić information content (AvgIpc) is 2.55. The van der Waals surface area contributed by atoms with Gasteiger partial charge in [0.1, 0.15) is 17.0 Å². The van der Waals surface area contributed by atoms with E-state index in [4.69, 9.17) is 14.0 Å². The SMILES string of the molecule is CC(C)(C)OC(=O)Nc1cnc(B2OC(C)(C)C(C)(C)O2)c(F)c1. The van der Waals surface area contributed by atoms with Crippen LogP contribution in [0.25, 0.3) is 0 Å². The molecule has 2 heterocycles. The fourth-order valence-electron chi connectivity index (χ4n) is 2.07. The Hall–Kier alpha value is -1.67. The summed E-state index contributed by atoms with van der Waals surface area (Å²) in [6.07, 6.45) is 0.667. The van der Waals surface area contributed by atoms with Crippen molar-refractivity contribution in [2.45, 2.75) is 65.3 Å². The Labute approximate surface area is 142 Å². The zero-order chi connectivity index (χ0) is 18.3. The van der Waals surface area contributed by atoms with Gasteiger partial charge in [0.15, 0.2) is 0 Å². The lowest BCUT2D eigenvalue weighted by Gasteiger charge is -2.32. The summed E-state index contributed by atoms with van der Waals surface area (Å²) in [5, 5.41) is 2.44. The molecule has 1 aliphatic rings. The van der Waals surface area contributed by atoms with E-state index in [9.17, 15) is 9.18 Å². The predicted molar refractivity (Wildman–Crippen MR) is 89.8 cm³/mol. The van der Waals surface area contributed by atoms with Crippen molar-refractivity contribution in [3.05, 3.63) is 18.1 Å². The Balaban J connectivity index is 2.13. The molecule has 0 aliphatic carbocycles. The minimum Gasteiger partial charge on any atom is -0.444 e. The van der Waals surface area contributed by atoms with Crippen LogP contribution in [0.2, 0.25) is 0 Å². The zero-order valence-electron chi connectivity index (χ0n) is 15.2. The van der Waals surface area contributed by atoms with Gasteiger partial charge in [0.05, 0.1) is 23.1 Å². The Morgan fingerprint density at radius 1 is 1.25 bits per heavy atom. The van der Waals surface area contributed by atoms with Gasteiger partial charge in [0.2, 0.25) is 0 Å². The second-order valence-electron chi connectivity index (χ2n) is 7.81. The van der Waals surface area contributed by atoms with Crippen LogP contribution in [-0.4, -0.2) is 35.0 Å². The molecule has 1 aliphatic heterocycles. The van der Waals surface area contributed by atoms with Crippen molar-refractivity contribution in [2.75, 3.05) is 5.32 Å². The van der Waals surface area contributed by atoms with Crippen molar-refractivity contribution < 1.29 is 23.2 Å². The van der Waals surface area contributed by atoms with Crippen LogP contribution in [0.5, 0.6) is 0 Å². The molecule has 1 aromatic heterocycles. The van der Waals surface area contributed by atoms with Gasteiger partial charge in [-0.2, -0.15) is 0 Å². The lowest BCUT2D eigenvalue weighted by atomic mass is 9.83. The summed E-state index contributed by atoms with van der Waals surface area (Å²) in [6, 6.07) is 1.16. The summed E-state index contributed by atoms with van der Waals surface area (Å²) < 4.78 is 31.1. The molecule has 6 nitrogen and oxygen atoms in total. The number of pyridine rings is 1. The number of carbonyl (C=O) groups excluding carboxylic acids is 1. The first-order valence-electron chi connectivity index (χ1n) is 7.82. The predicted octanol–water partition coefficient (Wildman–Crippen LogP) is 2.87. The molecule has 2 rings (SSSR count). The number of rotatable bonds is 2. The highest BCUT2D eigenvalue weighted by Gasteiger charge is 2.53. The molecule has 132 valence electrons. The van der Waals surface area contributed by atoms with Crippen LogP contribution in [0.1, 0.15) is 48.5 Å². The lowest BCUT2D eigenvalue weighted by molar-refractivity contribution is 0.00578. The van der Waals surface area contributed by atoms with Crippen LogP contribution in [0.15, 0.2) is 12.3 Å². The van der Waals surface area contributed by atoms with E-state index in [1.165, 1.54) is 6.20 Å². The minimum atomic E-state index is -0.898. The first-order valence-corrected chi connectivity index (χ1v) is 7.82. The standard InChI is InChI=1S/C16H24BFN2O4/c1-14(2,3)22-13(21)20-10-8-11(18)12(19-9-10)17-23-15(4,5)16(6,7)24-17/h8-9H,1-7H3,(H,20,21). The Bertz CT molecular complexity index is 627. The molecule has 24 heavy (non-hydrogen) atoms. The number of ether oxygens (including phenoxy) is 1. The van der Waals surface area contributed by atoms with Crippen LogP contribution in [0, 0.1) is 5.82 Å². The average molecular weight is 338 g/mol. The molecule has 0 saturated carbocycles. The van der Waals surface area contributed by atoms with Gasteiger partial charge in [0, 0.05) is 6.07 Å². The highest BCUT2D eigenvalue weighted by molar-refractivity contribution is 6.61. The smallest absolute Gasteiger partial charge is 0.444 e. The van der Waals surface area contributed by atoms with Crippen molar-refractivity contribution in [1.29, 1.82) is 0 Å². The van der Waals surface area contributed by atoms with Crippen molar-refractivity contribution in [3.63, 3.8) is 0 Å². The number of nitrogens with one attached hydrogen (secondary N) is 1. The molecule has 0 aromatic carbocycles. The fourth-order valence-corrected chi connectivity index (χ4v) is 2.07. The quantitative estimate of drug-likeness (QED) is 0.840. The molecule has 1 fully saturated rings. The van der Waals surface area contributed by atoms with E-state index in [-0.39, 0.29) is 11.3 Å². The molecule has 1 amide bonds. The number of hydrogen-bond donors (Lipinski definition) is 1. The van der Waals surface area contributed by atoms with Gasteiger partial charge in [-0.25, -0.2) is 9.18 Å². The third-order valence-corrected chi connectivity index (χ3v) is 3.99. The molecule has 8 heteroatoms. The number of halogens is 1. The molecule has 0 spiro atoms. The first-order chi connectivity index (χ1) is 10.8. The zero-order valence-corrected chi connectivity index (χ0v) is 15.2. The third kappa shape index (κ3) is 4.05. The number of carbonyl (C=O) groups is 1. The molecule has 1 saturated heterocycles. The van der Waals surface area contributed by atoms with Gasteiger partial charge in [0.25, 0.3) is 0 Å². The number of anilines is 1. The van der Waals surface area contributed by atoms with E-state index >= 15 is 0 Å². The van der Waals surface area contributed by atoms with E-state index in [0.717, 1.165) is 6.07 Å². The maximum atomic E-state index is 14.4. The maximum absolute atomic E-state index is 14.4. The minimum absolute atomic E-state index is 0.0448. The summed E-state index contributed by atoms with van der Waals surface area (Å²) in [5.74, 6) is -0.623. The number of nitrogens with zero attached hydrogens (tertiary/aromatic N) is 1. The van der Waals surface area contributed by atoms with Crippen LogP contribution in [-0.2, 0) is 14.0 Å². The largest absolute Gasteiger partial charge is 0.517 e. The monoisotopic (exact) mass is 338 g/mol. The van der Waals surface area contributed by atoms with Crippen LogP contribution >= 0.6 is 0 Å². The molecular weight excluding hydrogens is 314 g/mol. The van der Waals surface area contributed by atoms with Crippen molar-refractivity contribution >= 4 is 24.5 Å². The molecular formula is C16H24BFN2O4. The van der Waals surface area contributed by atoms with E-state index in [0.29, 0.717) is 0 Å². The number of aromatic nitrogens is 1. The van der Waals surface area contributed by atoms with E-state index in [2.05, 4.69) is 10.3 Å². The van der Waals surface area contributed by atoms with Gasteiger partial charge >= 0.3 is 13.2 Å². The maximum Gasteiger partial charge on any atom is 0.517 e. The van der Waals surface area contributed by atoms with Crippen LogP contribution in [0.3, 0.4) is 0 Å². The van der Waals surface area contributed by atoms with Crippen molar-refractivity contribution in [1.82, 2.24) is 4.98 Å². The topological polar surface area (TPSA) is 69.7 Å². The summed E-state index contributed by atoms with van der Waals surface area (Å²) in [7, 11) is -0.898. The Morgan fingerprint density at radius 2 is 1.79 bits per heavy atom. The molecule has 1 aromatic rings. The fraction of sp³-hybridized carbons (Fsp3) is 0.625.